The summed E-state index contributed by atoms with van der Waals surface area (Å²) in [7, 11) is 0. The van der Waals surface area contributed by atoms with Gasteiger partial charge in [-0.1, -0.05) is 45.8 Å². The highest BCUT2D eigenvalue weighted by Gasteiger charge is 2.19. The predicted molar refractivity (Wildman–Crippen MR) is 88.1 cm³/mol. The van der Waals surface area contributed by atoms with Gasteiger partial charge in [0.25, 0.3) is 6.47 Å². The molecule has 0 radical (unpaired) electrons. The van der Waals surface area contributed by atoms with Crippen LogP contribution in [0.1, 0.15) is 72.6 Å². The van der Waals surface area contributed by atoms with Gasteiger partial charge in [0, 0.05) is 0 Å². The number of rotatable bonds is 13. The summed E-state index contributed by atoms with van der Waals surface area (Å²) >= 11 is 0. The van der Waals surface area contributed by atoms with Crippen molar-refractivity contribution in [3.63, 3.8) is 0 Å². The fraction of sp³-hybridized carbons (Fsp3) is 0.833. The molecule has 21 heavy (non-hydrogen) atoms. The molecule has 0 aliphatic carbocycles. The Morgan fingerprint density at radius 2 is 1.81 bits per heavy atom. The van der Waals surface area contributed by atoms with Crippen LogP contribution in [0.4, 0.5) is 0 Å². The van der Waals surface area contributed by atoms with Gasteiger partial charge in [0.05, 0.1) is 6.10 Å². The topological polar surface area (TPSA) is 46.5 Å². The SMILES string of the molecule is C/C=C/C(C)CC(C)C(CCCCCC(O)CC)OC=O. The number of hydrogen-bond acceptors (Lipinski definition) is 3. The maximum atomic E-state index is 10.7. The maximum absolute atomic E-state index is 10.7. The van der Waals surface area contributed by atoms with Crippen molar-refractivity contribution in [2.45, 2.75) is 84.8 Å². The number of unbranched alkanes of at least 4 members (excludes halogenated alkanes) is 2. The first kappa shape index (κ1) is 20.2. The van der Waals surface area contributed by atoms with E-state index < -0.39 is 0 Å². The standard InChI is InChI=1S/C18H34O3/c1-5-10-15(3)13-16(4)18(21-14-19)12-9-7-8-11-17(20)6-2/h5,10,14-18,20H,6-9,11-13H2,1-4H3/b10-5+. The molecule has 0 aliphatic rings. The second kappa shape index (κ2) is 12.9. The summed E-state index contributed by atoms with van der Waals surface area (Å²) < 4.78 is 5.28. The molecule has 4 atom stereocenters. The Morgan fingerprint density at radius 1 is 1.14 bits per heavy atom. The highest BCUT2D eigenvalue weighted by molar-refractivity contribution is 5.37. The van der Waals surface area contributed by atoms with Gasteiger partial charge in [-0.15, -0.1) is 0 Å². The number of ether oxygens (including phenoxy) is 1. The fourth-order valence-corrected chi connectivity index (χ4v) is 2.81. The Balaban J connectivity index is 4.02. The Hall–Kier alpha value is -0.830. The van der Waals surface area contributed by atoms with Gasteiger partial charge < -0.3 is 9.84 Å². The number of aliphatic hydroxyl groups is 1. The highest BCUT2D eigenvalue weighted by Crippen LogP contribution is 2.22. The van der Waals surface area contributed by atoms with Gasteiger partial charge >= 0.3 is 0 Å². The number of carbonyl (C=O) groups excluding carboxylic acids is 1. The van der Waals surface area contributed by atoms with Crippen molar-refractivity contribution in [1.82, 2.24) is 0 Å². The number of hydrogen-bond donors (Lipinski definition) is 1. The molecule has 0 aliphatic heterocycles. The van der Waals surface area contributed by atoms with Gasteiger partial charge in [-0.2, -0.15) is 0 Å². The molecule has 3 heteroatoms. The lowest BCUT2D eigenvalue weighted by Gasteiger charge is -2.24. The number of carbonyl (C=O) groups is 1. The molecule has 0 heterocycles. The van der Waals surface area contributed by atoms with Crippen molar-refractivity contribution in [2.24, 2.45) is 11.8 Å². The van der Waals surface area contributed by atoms with Crippen molar-refractivity contribution in [3.05, 3.63) is 12.2 Å². The second-order valence-corrected chi connectivity index (χ2v) is 6.19. The first-order chi connectivity index (χ1) is 10.0. The van der Waals surface area contributed by atoms with Crippen molar-refractivity contribution >= 4 is 6.47 Å². The van der Waals surface area contributed by atoms with E-state index in [1.54, 1.807) is 0 Å². The van der Waals surface area contributed by atoms with Crippen LogP contribution in [0.15, 0.2) is 12.2 Å². The quantitative estimate of drug-likeness (QED) is 0.309. The van der Waals surface area contributed by atoms with Gasteiger partial charge in [0.1, 0.15) is 6.10 Å². The summed E-state index contributed by atoms with van der Waals surface area (Å²) in [4.78, 5) is 10.7. The third-order valence-electron chi connectivity index (χ3n) is 4.13. The average molecular weight is 298 g/mol. The van der Waals surface area contributed by atoms with E-state index in [-0.39, 0.29) is 12.2 Å². The van der Waals surface area contributed by atoms with Crippen LogP contribution < -0.4 is 0 Å². The van der Waals surface area contributed by atoms with E-state index in [9.17, 15) is 9.90 Å². The third-order valence-corrected chi connectivity index (χ3v) is 4.13. The van der Waals surface area contributed by atoms with Crippen LogP contribution in [0.3, 0.4) is 0 Å². The summed E-state index contributed by atoms with van der Waals surface area (Å²) in [5.74, 6) is 0.894. The summed E-state index contributed by atoms with van der Waals surface area (Å²) in [6.45, 7) is 8.98. The van der Waals surface area contributed by atoms with E-state index in [4.69, 9.17) is 4.74 Å². The lowest BCUT2D eigenvalue weighted by molar-refractivity contribution is -0.136. The second-order valence-electron chi connectivity index (χ2n) is 6.19. The molecule has 0 aromatic heterocycles. The molecule has 0 bridgehead atoms. The minimum Gasteiger partial charge on any atom is -0.464 e. The summed E-state index contributed by atoms with van der Waals surface area (Å²) in [6.07, 6.45) is 11.0. The van der Waals surface area contributed by atoms with E-state index in [2.05, 4.69) is 26.0 Å². The van der Waals surface area contributed by atoms with Crippen LogP contribution in [0.5, 0.6) is 0 Å². The van der Waals surface area contributed by atoms with Crippen molar-refractivity contribution in [3.8, 4) is 0 Å². The van der Waals surface area contributed by atoms with Gasteiger partial charge in [0.15, 0.2) is 0 Å². The van der Waals surface area contributed by atoms with Crippen LogP contribution >= 0.6 is 0 Å². The Labute approximate surface area is 130 Å². The molecule has 0 fully saturated rings. The molecule has 0 aromatic carbocycles. The Kier molecular flexibility index (Phi) is 12.4. The molecule has 0 amide bonds. The van der Waals surface area contributed by atoms with Gasteiger partial charge in [0.2, 0.25) is 0 Å². The molecule has 124 valence electrons. The van der Waals surface area contributed by atoms with Gasteiger partial charge in [-0.3, -0.25) is 4.79 Å². The monoisotopic (exact) mass is 298 g/mol. The zero-order chi connectivity index (χ0) is 16.1. The van der Waals surface area contributed by atoms with Crippen molar-refractivity contribution in [1.29, 1.82) is 0 Å². The van der Waals surface area contributed by atoms with Crippen LogP contribution in [0, 0.1) is 11.8 Å². The minimum atomic E-state index is -0.160. The van der Waals surface area contributed by atoms with E-state index in [0.29, 0.717) is 18.3 Å². The van der Waals surface area contributed by atoms with E-state index in [1.807, 2.05) is 13.8 Å². The maximum Gasteiger partial charge on any atom is 0.293 e. The molecular formula is C18H34O3. The van der Waals surface area contributed by atoms with Gasteiger partial charge in [-0.25, -0.2) is 0 Å². The highest BCUT2D eigenvalue weighted by atomic mass is 16.5. The predicted octanol–water partition coefficient (Wildman–Crippen LogP) is 4.49. The lowest BCUT2D eigenvalue weighted by atomic mass is 9.89. The number of aliphatic hydroxyl groups excluding tert-OH is 1. The molecule has 4 unspecified atom stereocenters. The molecule has 0 spiro atoms. The Bertz CT molecular complexity index is 276. The molecule has 0 saturated heterocycles. The largest absolute Gasteiger partial charge is 0.464 e. The van der Waals surface area contributed by atoms with Crippen LogP contribution in [0.2, 0.25) is 0 Å². The summed E-state index contributed by atoms with van der Waals surface area (Å²) in [5, 5.41) is 9.51. The summed E-state index contributed by atoms with van der Waals surface area (Å²) in [5.41, 5.74) is 0. The lowest BCUT2D eigenvalue weighted by Crippen LogP contribution is -2.23. The van der Waals surface area contributed by atoms with Crippen molar-refractivity contribution in [2.75, 3.05) is 0 Å². The van der Waals surface area contributed by atoms with E-state index >= 15 is 0 Å². The van der Waals surface area contributed by atoms with E-state index in [1.165, 1.54) is 0 Å². The molecule has 0 rings (SSSR count). The first-order valence-corrected chi connectivity index (χ1v) is 8.45. The normalized spacial score (nSPS) is 17.4. The molecule has 1 N–H and O–H groups in total. The van der Waals surface area contributed by atoms with Crippen LogP contribution in [0.25, 0.3) is 0 Å². The summed E-state index contributed by atoms with van der Waals surface area (Å²) in [6, 6.07) is 0. The minimum absolute atomic E-state index is 0.0197. The van der Waals surface area contributed by atoms with E-state index in [0.717, 1.165) is 44.9 Å². The van der Waals surface area contributed by atoms with Crippen molar-refractivity contribution < 1.29 is 14.6 Å². The van der Waals surface area contributed by atoms with Crippen LogP contribution in [-0.2, 0) is 9.53 Å². The number of allylic oxidation sites excluding steroid dienone is 2. The molecule has 3 nitrogen and oxygen atoms in total. The molecule has 0 aromatic rings. The average Bonchev–Trinajstić information content (AvgIpc) is 2.45. The fourth-order valence-electron chi connectivity index (χ4n) is 2.81. The third kappa shape index (κ3) is 10.5. The first-order valence-electron chi connectivity index (χ1n) is 8.45. The zero-order valence-corrected chi connectivity index (χ0v) is 14.3. The Morgan fingerprint density at radius 3 is 2.38 bits per heavy atom. The zero-order valence-electron chi connectivity index (χ0n) is 14.3. The van der Waals surface area contributed by atoms with Gasteiger partial charge in [-0.05, 0) is 50.9 Å². The molecule has 0 saturated carbocycles. The smallest absolute Gasteiger partial charge is 0.293 e. The molecular weight excluding hydrogens is 264 g/mol. The van der Waals surface area contributed by atoms with Crippen LogP contribution in [-0.4, -0.2) is 23.8 Å².